The van der Waals surface area contributed by atoms with Crippen molar-refractivity contribution < 1.29 is 9.84 Å². The molecule has 0 aromatic carbocycles. The molecule has 2 unspecified atom stereocenters. The largest absolute Gasteiger partial charge is 0.393 e. The van der Waals surface area contributed by atoms with Gasteiger partial charge in [0.2, 0.25) is 0 Å². The smallest absolute Gasteiger partial charge is 0.0599 e. The first-order chi connectivity index (χ1) is 7.74. The van der Waals surface area contributed by atoms with Crippen LogP contribution in [0.15, 0.2) is 22.8 Å². The van der Waals surface area contributed by atoms with Gasteiger partial charge in [-0.1, -0.05) is 0 Å². The second-order valence-corrected chi connectivity index (χ2v) is 5.21. The van der Waals surface area contributed by atoms with Crippen LogP contribution in [0.5, 0.6) is 0 Å². The van der Waals surface area contributed by atoms with Crippen molar-refractivity contribution in [2.24, 2.45) is 5.92 Å². The van der Waals surface area contributed by atoms with Crippen molar-refractivity contribution in [3.8, 4) is 0 Å². The van der Waals surface area contributed by atoms with Crippen molar-refractivity contribution in [2.75, 3.05) is 13.2 Å². The number of aliphatic hydroxyl groups is 1. The summed E-state index contributed by atoms with van der Waals surface area (Å²) in [6.45, 7) is 1.64. The van der Waals surface area contributed by atoms with Gasteiger partial charge in [0.15, 0.2) is 0 Å². The van der Waals surface area contributed by atoms with Crippen molar-refractivity contribution >= 4 is 15.9 Å². The Morgan fingerprint density at radius 2 is 2.44 bits per heavy atom. The van der Waals surface area contributed by atoms with Crippen LogP contribution in [0.4, 0.5) is 0 Å². The van der Waals surface area contributed by atoms with Crippen LogP contribution in [-0.2, 0) is 11.2 Å². The van der Waals surface area contributed by atoms with E-state index in [0.29, 0.717) is 12.3 Å². The van der Waals surface area contributed by atoms with Gasteiger partial charge in [-0.25, -0.2) is 0 Å². The number of nitrogens with zero attached hydrogens (tertiary/aromatic N) is 1. The Balaban J connectivity index is 1.81. The maximum Gasteiger partial charge on any atom is 0.0599 e. The van der Waals surface area contributed by atoms with Crippen LogP contribution < -0.4 is 0 Å². The summed E-state index contributed by atoms with van der Waals surface area (Å²) in [4.78, 5) is 4.25. The number of hydrogen-bond donors (Lipinski definition) is 1. The molecule has 1 aromatic heterocycles. The molecule has 4 heteroatoms. The molecule has 1 aliphatic rings. The third-order valence-corrected chi connectivity index (χ3v) is 3.33. The molecule has 16 heavy (non-hydrogen) atoms. The molecule has 0 bridgehead atoms. The molecule has 3 nitrogen and oxygen atoms in total. The van der Waals surface area contributed by atoms with E-state index in [1.165, 1.54) is 0 Å². The number of rotatable bonds is 4. The minimum atomic E-state index is -0.305. The fourth-order valence-corrected chi connectivity index (χ4v) is 2.24. The molecule has 0 aliphatic carbocycles. The topological polar surface area (TPSA) is 42.4 Å². The first-order valence-corrected chi connectivity index (χ1v) is 6.39. The third kappa shape index (κ3) is 3.54. The second-order valence-electron chi connectivity index (χ2n) is 4.29. The lowest BCUT2D eigenvalue weighted by atomic mass is 9.98. The van der Waals surface area contributed by atoms with Gasteiger partial charge in [0.05, 0.1) is 6.10 Å². The van der Waals surface area contributed by atoms with Crippen LogP contribution in [0.3, 0.4) is 0 Å². The summed E-state index contributed by atoms with van der Waals surface area (Å²) in [5.41, 5.74) is 0.939. The molecule has 0 radical (unpaired) electrons. The molecule has 2 rings (SSSR count). The minimum absolute atomic E-state index is 0.305. The van der Waals surface area contributed by atoms with Crippen molar-refractivity contribution in [3.05, 3.63) is 28.5 Å². The van der Waals surface area contributed by atoms with Crippen LogP contribution in [0, 0.1) is 5.92 Å². The molecule has 88 valence electrons. The van der Waals surface area contributed by atoms with Crippen molar-refractivity contribution in [1.82, 2.24) is 4.98 Å². The molecule has 0 spiro atoms. The van der Waals surface area contributed by atoms with E-state index >= 15 is 0 Å². The summed E-state index contributed by atoms with van der Waals surface area (Å²) in [5.74, 6) is 0.519. The van der Waals surface area contributed by atoms with Gasteiger partial charge in [-0.15, -0.1) is 0 Å². The zero-order valence-electron chi connectivity index (χ0n) is 9.10. The van der Waals surface area contributed by atoms with Crippen molar-refractivity contribution in [2.45, 2.75) is 25.4 Å². The number of aromatic nitrogens is 1. The Hall–Kier alpha value is -0.450. The third-order valence-electron chi connectivity index (χ3n) is 2.86. The highest BCUT2D eigenvalue weighted by atomic mass is 79.9. The second kappa shape index (κ2) is 5.75. The van der Waals surface area contributed by atoms with Crippen LogP contribution in [-0.4, -0.2) is 29.4 Å². The van der Waals surface area contributed by atoms with Gasteiger partial charge in [0.1, 0.15) is 0 Å². The lowest BCUT2D eigenvalue weighted by Crippen LogP contribution is -2.17. The normalized spacial score (nSPS) is 22.2. The molecule has 1 aliphatic heterocycles. The van der Waals surface area contributed by atoms with Gasteiger partial charge >= 0.3 is 0 Å². The van der Waals surface area contributed by atoms with E-state index in [4.69, 9.17) is 4.74 Å². The summed E-state index contributed by atoms with van der Waals surface area (Å²) in [5, 5.41) is 9.93. The Morgan fingerprint density at radius 3 is 3.06 bits per heavy atom. The van der Waals surface area contributed by atoms with E-state index in [1.54, 1.807) is 6.20 Å². The van der Waals surface area contributed by atoms with E-state index < -0.39 is 0 Å². The Kier molecular flexibility index (Phi) is 4.32. The fourth-order valence-electron chi connectivity index (χ4n) is 2.01. The number of hydrogen-bond acceptors (Lipinski definition) is 3. The van der Waals surface area contributed by atoms with Crippen molar-refractivity contribution in [3.63, 3.8) is 0 Å². The van der Waals surface area contributed by atoms with Crippen molar-refractivity contribution in [1.29, 1.82) is 0 Å². The van der Waals surface area contributed by atoms with Crippen LogP contribution in [0.2, 0.25) is 0 Å². The van der Waals surface area contributed by atoms with Gasteiger partial charge in [-0.05, 0) is 46.8 Å². The van der Waals surface area contributed by atoms with E-state index in [1.807, 2.05) is 12.1 Å². The lowest BCUT2D eigenvalue weighted by molar-refractivity contribution is 0.128. The lowest BCUT2D eigenvalue weighted by Gasteiger charge is -2.13. The van der Waals surface area contributed by atoms with Gasteiger partial charge in [0.25, 0.3) is 0 Å². The number of aliphatic hydroxyl groups excluding tert-OH is 1. The number of ether oxygens (including phenoxy) is 1. The highest BCUT2D eigenvalue weighted by Gasteiger charge is 2.19. The van der Waals surface area contributed by atoms with Crippen LogP contribution in [0.1, 0.15) is 18.5 Å². The number of pyridine rings is 1. The minimum Gasteiger partial charge on any atom is -0.393 e. The molecular formula is C12H16BrNO2. The Bertz CT molecular complexity index is 322. The molecule has 1 saturated heterocycles. The van der Waals surface area contributed by atoms with E-state index in [0.717, 1.165) is 36.2 Å². The summed E-state index contributed by atoms with van der Waals surface area (Å²) in [6.07, 6.45) is 3.98. The Morgan fingerprint density at radius 1 is 1.56 bits per heavy atom. The maximum absolute atomic E-state index is 9.93. The first-order valence-electron chi connectivity index (χ1n) is 5.60. The molecule has 1 fully saturated rings. The molecule has 0 saturated carbocycles. The highest BCUT2D eigenvalue weighted by molar-refractivity contribution is 9.10. The zero-order valence-corrected chi connectivity index (χ0v) is 10.7. The molecule has 1 N–H and O–H groups in total. The molecule has 2 heterocycles. The highest BCUT2D eigenvalue weighted by Crippen LogP contribution is 2.19. The Labute approximate surface area is 104 Å². The maximum atomic E-state index is 9.93. The first kappa shape index (κ1) is 12.0. The summed E-state index contributed by atoms with van der Waals surface area (Å²) in [7, 11) is 0. The van der Waals surface area contributed by atoms with Gasteiger partial charge in [0, 0.05) is 36.0 Å². The van der Waals surface area contributed by atoms with Crippen LogP contribution >= 0.6 is 15.9 Å². The SMILES string of the molecule is OC(Cc1ccc(Br)cn1)CC1CCOC1. The monoisotopic (exact) mass is 285 g/mol. The molecule has 0 amide bonds. The van der Waals surface area contributed by atoms with E-state index in [9.17, 15) is 5.11 Å². The van der Waals surface area contributed by atoms with Gasteiger partial charge < -0.3 is 9.84 Å². The summed E-state index contributed by atoms with van der Waals surface area (Å²) < 4.78 is 6.26. The van der Waals surface area contributed by atoms with Gasteiger partial charge in [-0.2, -0.15) is 0 Å². The number of halogens is 1. The standard InChI is InChI=1S/C12H16BrNO2/c13-10-1-2-11(14-7-10)6-12(15)5-9-3-4-16-8-9/h1-2,7,9,12,15H,3-6,8H2. The van der Waals surface area contributed by atoms with E-state index in [-0.39, 0.29) is 6.10 Å². The summed E-state index contributed by atoms with van der Waals surface area (Å²) in [6, 6.07) is 3.90. The fraction of sp³-hybridized carbons (Fsp3) is 0.583. The molecule has 2 atom stereocenters. The average Bonchev–Trinajstić information content (AvgIpc) is 2.74. The van der Waals surface area contributed by atoms with E-state index in [2.05, 4.69) is 20.9 Å². The predicted octanol–water partition coefficient (Wildman–Crippen LogP) is 2.17. The average molecular weight is 286 g/mol. The van der Waals surface area contributed by atoms with Gasteiger partial charge in [-0.3, -0.25) is 4.98 Å². The molecular weight excluding hydrogens is 270 g/mol. The predicted molar refractivity (Wildman–Crippen MR) is 65.2 cm³/mol. The summed E-state index contributed by atoms with van der Waals surface area (Å²) >= 11 is 3.34. The quantitative estimate of drug-likeness (QED) is 0.922. The molecule has 1 aromatic rings. The van der Waals surface area contributed by atoms with Crippen LogP contribution in [0.25, 0.3) is 0 Å². The zero-order chi connectivity index (χ0) is 11.4.